The maximum absolute atomic E-state index is 12.8. The number of rotatable bonds is 4. The molecule has 0 radical (unpaired) electrons. The van der Waals surface area contributed by atoms with E-state index in [0.717, 1.165) is 42.9 Å². The van der Waals surface area contributed by atoms with Gasteiger partial charge in [0, 0.05) is 13.0 Å². The minimum absolute atomic E-state index is 0.227. The van der Waals surface area contributed by atoms with Crippen LogP contribution >= 0.6 is 0 Å². The molecule has 4 rings (SSSR count). The Kier molecular flexibility index (Phi) is 4.35. The number of carbonyl (C=O) groups is 1. The topological polar surface area (TPSA) is 38.8 Å². The summed E-state index contributed by atoms with van der Waals surface area (Å²) in [6.45, 7) is 3.23. The highest BCUT2D eigenvalue weighted by Gasteiger charge is 2.29. The third kappa shape index (κ3) is 3.34. The van der Waals surface area contributed by atoms with E-state index in [1.54, 1.807) is 0 Å². The van der Waals surface area contributed by atoms with Crippen molar-refractivity contribution in [3.8, 4) is 11.5 Å². The van der Waals surface area contributed by atoms with Crippen LogP contribution in [0.2, 0.25) is 0 Å². The monoisotopic (exact) mass is 337 g/mol. The van der Waals surface area contributed by atoms with Gasteiger partial charge in [0.05, 0.1) is 6.04 Å². The van der Waals surface area contributed by atoms with Crippen LogP contribution in [-0.4, -0.2) is 24.1 Å². The number of fused-ring (bicyclic) bond motifs is 1. The highest BCUT2D eigenvalue weighted by Crippen LogP contribution is 2.34. The highest BCUT2D eigenvalue weighted by atomic mass is 16.7. The van der Waals surface area contributed by atoms with E-state index in [4.69, 9.17) is 9.47 Å². The van der Waals surface area contributed by atoms with E-state index >= 15 is 0 Å². The van der Waals surface area contributed by atoms with Gasteiger partial charge in [-0.05, 0) is 49.4 Å². The molecule has 4 nitrogen and oxygen atoms in total. The van der Waals surface area contributed by atoms with Crippen LogP contribution in [0.25, 0.3) is 0 Å². The maximum atomic E-state index is 12.8. The number of hydrogen-bond donors (Lipinski definition) is 0. The number of likely N-dealkylation sites (tertiary alicyclic amines) is 1. The second-order valence-corrected chi connectivity index (χ2v) is 6.84. The van der Waals surface area contributed by atoms with Gasteiger partial charge >= 0.3 is 0 Å². The van der Waals surface area contributed by atoms with E-state index in [0.29, 0.717) is 6.42 Å². The summed E-state index contributed by atoms with van der Waals surface area (Å²) in [5.41, 5.74) is 3.62. The molecule has 2 aliphatic rings. The lowest BCUT2D eigenvalue weighted by atomic mass is 10.0. The number of aryl methyl sites for hydroxylation is 2. The Bertz CT molecular complexity index is 769. The van der Waals surface area contributed by atoms with Gasteiger partial charge in [0.25, 0.3) is 0 Å². The van der Waals surface area contributed by atoms with Crippen molar-refractivity contribution < 1.29 is 14.3 Å². The van der Waals surface area contributed by atoms with Crippen LogP contribution in [0.15, 0.2) is 42.5 Å². The van der Waals surface area contributed by atoms with E-state index < -0.39 is 0 Å². The summed E-state index contributed by atoms with van der Waals surface area (Å²) in [5, 5.41) is 0. The first-order chi connectivity index (χ1) is 12.2. The van der Waals surface area contributed by atoms with Crippen molar-refractivity contribution in [3.05, 3.63) is 59.2 Å². The fourth-order valence-electron chi connectivity index (χ4n) is 3.69. The van der Waals surface area contributed by atoms with Gasteiger partial charge < -0.3 is 14.4 Å². The molecule has 0 saturated carbocycles. The number of benzene rings is 2. The molecule has 2 aromatic carbocycles. The lowest BCUT2D eigenvalue weighted by Gasteiger charge is -2.25. The van der Waals surface area contributed by atoms with Crippen LogP contribution in [0.4, 0.5) is 0 Å². The number of hydrogen-bond acceptors (Lipinski definition) is 3. The zero-order valence-corrected chi connectivity index (χ0v) is 14.5. The average Bonchev–Trinajstić information content (AvgIpc) is 3.29. The Morgan fingerprint density at radius 2 is 1.92 bits per heavy atom. The van der Waals surface area contributed by atoms with Gasteiger partial charge in [-0.15, -0.1) is 0 Å². The molecule has 2 aromatic rings. The molecule has 2 heterocycles. The molecule has 1 atom stereocenters. The van der Waals surface area contributed by atoms with Gasteiger partial charge in [-0.2, -0.15) is 0 Å². The molecule has 130 valence electrons. The molecule has 0 spiro atoms. The largest absolute Gasteiger partial charge is 0.454 e. The van der Waals surface area contributed by atoms with E-state index in [1.807, 2.05) is 18.2 Å². The summed E-state index contributed by atoms with van der Waals surface area (Å²) < 4.78 is 10.7. The Morgan fingerprint density at radius 3 is 2.76 bits per heavy atom. The SMILES string of the molecule is Cc1ccc([C@@H]2CCCN2C(=O)CCc2ccc3c(c2)OCO3)cc1. The van der Waals surface area contributed by atoms with Gasteiger partial charge in [0.15, 0.2) is 11.5 Å². The average molecular weight is 337 g/mol. The lowest BCUT2D eigenvalue weighted by Crippen LogP contribution is -2.30. The van der Waals surface area contributed by atoms with Gasteiger partial charge in [0.2, 0.25) is 12.7 Å². The molecule has 1 fully saturated rings. The summed E-state index contributed by atoms with van der Waals surface area (Å²) in [5.74, 6) is 1.80. The van der Waals surface area contributed by atoms with Crippen molar-refractivity contribution in [3.63, 3.8) is 0 Å². The van der Waals surface area contributed by atoms with Gasteiger partial charge in [-0.1, -0.05) is 35.9 Å². The second-order valence-electron chi connectivity index (χ2n) is 6.84. The quantitative estimate of drug-likeness (QED) is 0.846. The Balaban J connectivity index is 1.41. The van der Waals surface area contributed by atoms with Crippen LogP contribution in [0.1, 0.15) is 42.0 Å². The zero-order chi connectivity index (χ0) is 17.2. The van der Waals surface area contributed by atoms with Crippen molar-refractivity contribution in [2.45, 2.75) is 38.6 Å². The van der Waals surface area contributed by atoms with Crippen molar-refractivity contribution in [1.82, 2.24) is 4.90 Å². The standard InChI is InChI=1S/C21H23NO3/c1-15-4-8-17(9-5-15)18-3-2-12-22(18)21(23)11-7-16-6-10-19-20(13-16)25-14-24-19/h4-6,8-10,13,18H,2-3,7,11-12,14H2,1H3/t18-/m0/s1. The van der Waals surface area contributed by atoms with E-state index in [-0.39, 0.29) is 18.7 Å². The second kappa shape index (κ2) is 6.79. The van der Waals surface area contributed by atoms with Crippen LogP contribution < -0.4 is 9.47 Å². The number of carbonyl (C=O) groups excluding carboxylic acids is 1. The first-order valence-corrected chi connectivity index (χ1v) is 8.95. The molecule has 0 aromatic heterocycles. The number of nitrogens with zero attached hydrogens (tertiary/aromatic N) is 1. The third-order valence-electron chi connectivity index (χ3n) is 5.10. The molecular formula is C21H23NO3. The van der Waals surface area contributed by atoms with Gasteiger partial charge in [-0.25, -0.2) is 0 Å². The molecular weight excluding hydrogens is 314 g/mol. The van der Waals surface area contributed by atoms with E-state index in [9.17, 15) is 4.79 Å². The van der Waals surface area contributed by atoms with E-state index in [1.165, 1.54) is 11.1 Å². The third-order valence-corrected chi connectivity index (χ3v) is 5.10. The van der Waals surface area contributed by atoms with E-state index in [2.05, 4.69) is 36.1 Å². The summed E-state index contributed by atoms with van der Waals surface area (Å²) in [7, 11) is 0. The molecule has 2 aliphatic heterocycles. The minimum Gasteiger partial charge on any atom is -0.454 e. The minimum atomic E-state index is 0.227. The fourth-order valence-corrected chi connectivity index (χ4v) is 3.69. The Morgan fingerprint density at radius 1 is 1.12 bits per heavy atom. The smallest absolute Gasteiger partial charge is 0.231 e. The summed E-state index contributed by atoms with van der Waals surface area (Å²) in [4.78, 5) is 14.8. The number of ether oxygens (including phenoxy) is 2. The van der Waals surface area contributed by atoms with Crippen LogP contribution in [0.3, 0.4) is 0 Å². The molecule has 0 bridgehead atoms. The predicted molar refractivity (Wildman–Crippen MR) is 95.8 cm³/mol. The molecule has 4 heteroatoms. The predicted octanol–water partition coefficient (Wildman–Crippen LogP) is 4.02. The zero-order valence-electron chi connectivity index (χ0n) is 14.5. The first-order valence-electron chi connectivity index (χ1n) is 8.95. The molecule has 0 aliphatic carbocycles. The molecule has 0 unspecified atom stereocenters. The van der Waals surface area contributed by atoms with Crippen molar-refractivity contribution in [2.24, 2.45) is 0 Å². The lowest BCUT2D eigenvalue weighted by molar-refractivity contribution is -0.132. The molecule has 1 amide bonds. The maximum Gasteiger partial charge on any atom is 0.231 e. The van der Waals surface area contributed by atoms with Gasteiger partial charge in [-0.3, -0.25) is 4.79 Å². The van der Waals surface area contributed by atoms with Crippen molar-refractivity contribution in [2.75, 3.05) is 13.3 Å². The Hall–Kier alpha value is -2.49. The van der Waals surface area contributed by atoms with Crippen molar-refractivity contribution >= 4 is 5.91 Å². The van der Waals surface area contributed by atoms with Crippen molar-refractivity contribution in [1.29, 1.82) is 0 Å². The summed E-state index contributed by atoms with van der Waals surface area (Å²) in [6.07, 6.45) is 3.39. The molecule has 1 saturated heterocycles. The van der Waals surface area contributed by atoms with Crippen LogP contribution in [0.5, 0.6) is 11.5 Å². The fraction of sp³-hybridized carbons (Fsp3) is 0.381. The van der Waals surface area contributed by atoms with Gasteiger partial charge in [0.1, 0.15) is 0 Å². The molecule has 0 N–H and O–H groups in total. The normalized spacial score (nSPS) is 18.6. The number of amides is 1. The summed E-state index contributed by atoms with van der Waals surface area (Å²) in [6, 6.07) is 14.7. The highest BCUT2D eigenvalue weighted by molar-refractivity contribution is 5.77. The van der Waals surface area contributed by atoms with Crippen LogP contribution in [0, 0.1) is 6.92 Å². The summed E-state index contributed by atoms with van der Waals surface area (Å²) >= 11 is 0. The Labute approximate surface area is 148 Å². The molecule has 25 heavy (non-hydrogen) atoms. The first kappa shape index (κ1) is 16.0. The van der Waals surface area contributed by atoms with Crippen LogP contribution in [-0.2, 0) is 11.2 Å².